The smallest absolute Gasteiger partial charge is 0.342 e. The van der Waals surface area contributed by atoms with Crippen LogP contribution in [-0.2, 0) is 9.53 Å². The summed E-state index contributed by atoms with van der Waals surface area (Å²) in [5.74, 6) is -1.04. The standard InChI is InChI=1S/C19H21NO5/c1-12-5-4-8-20(10-12)17(22)11-25-19(24)15-9-16(21)13-6-2-3-7-14(13)18(15)23/h2-3,6-7,9,12,21,23H,4-5,8,10-11H2,1H3/t12-/m0/s1. The highest BCUT2D eigenvalue weighted by Crippen LogP contribution is 2.35. The number of nitrogens with zero attached hydrogens (tertiary/aromatic N) is 1. The van der Waals surface area contributed by atoms with Gasteiger partial charge in [-0.05, 0) is 24.8 Å². The van der Waals surface area contributed by atoms with Crippen molar-refractivity contribution in [3.05, 3.63) is 35.9 Å². The summed E-state index contributed by atoms with van der Waals surface area (Å²) in [4.78, 5) is 26.1. The van der Waals surface area contributed by atoms with Gasteiger partial charge < -0.3 is 19.8 Å². The maximum atomic E-state index is 12.2. The lowest BCUT2D eigenvalue weighted by Gasteiger charge is -2.30. The Morgan fingerprint density at radius 3 is 2.68 bits per heavy atom. The van der Waals surface area contributed by atoms with Crippen LogP contribution < -0.4 is 0 Å². The van der Waals surface area contributed by atoms with E-state index in [0.717, 1.165) is 18.9 Å². The Balaban J connectivity index is 1.72. The first kappa shape index (κ1) is 17.1. The van der Waals surface area contributed by atoms with Gasteiger partial charge in [0, 0.05) is 23.9 Å². The van der Waals surface area contributed by atoms with Crippen molar-refractivity contribution >= 4 is 22.6 Å². The van der Waals surface area contributed by atoms with Gasteiger partial charge in [0.25, 0.3) is 5.91 Å². The van der Waals surface area contributed by atoms with Crippen LogP contribution >= 0.6 is 0 Å². The minimum atomic E-state index is -0.836. The van der Waals surface area contributed by atoms with Crippen LogP contribution in [0.5, 0.6) is 11.5 Å². The third kappa shape index (κ3) is 3.52. The average Bonchev–Trinajstić information content (AvgIpc) is 2.62. The molecule has 6 heteroatoms. The molecule has 1 heterocycles. The van der Waals surface area contributed by atoms with Crippen LogP contribution in [0.15, 0.2) is 30.3 Å². The summed E-state index contributed by atoms with van der Waals surface area (Å²) in [7, 11) is 0. The van der Waals surface area contributed by atoms with Gasteiger partial charge >= 0.3 is 5.97 Å². The van der Waals surface area contributed by atoms with E-state index in [-0.39, 0.29) is 29.6 Å². The second-order valence-electron chi connectivity index (χ2n) is 6.50. The number of esters is 1. The average molecular weight is 343 g/mol. The number of amides is 1. The summed E-state index contributed by atoms with van der Waals surface area (Å²) in [6, 6.07) is 7.81. The zero-order valence-electron chi connectivity index (χ0n) is 14.1. The summed E-state index contributed by atoms with van der Waals surface area (Å²) in [6.45, 7) is 3.04. The fourth-order valence-corrected chi connectivity index (χ4v) is 3.21. The fourth-order valence-electron chi connectivity index (χ4n) is 3.21. The molecule has 0 aromatic heterocycles. The zero-order valence-corrected chi connectivity index (χ0v) is 14.1. The molecule has 3 rings (SSSR count). The second kappa shape index (κ2) is 7.01. The predicted octanol–water partition coefficient (Wildman–Crippen LogP) is 2.67. The van der Waals surface area contributed by atoms with E-state index in [0.29, 0.717) is 29.8 Å². The maximum absolute atomic E-state index is 12.2. The van der Waals surface area contributed by atoms with Gasteiger partial charge in [-0.25, -0.2) is 4.79 Å². The lowest BCUT2D eigenvalue weighted by molar-refractivity contribution is -0.136. The van der Waals surface area contributed by atoms with Gasteiger partial charge in [0.1, 0.15) is 17.1 Å². The van der Waals surface area contributed by atoms with Crippen molar-refractivity contribution in [3.8, 4) is 11.5 Å². The number of aromatic hydroxyl groups is 2. The van der Waals surface area contributed by atoms with E-state index >= 15 is 0 Å². The number of carbonyl (C=O) groups is 2. The molecule has 2 aromatic rings. The summed E-state index contributed by atoms with van der Waals surface area (Å²) in [5.41, 5.74) is -0.156. The molecule has 1 fully saturated rings. The van der Waals surface area contributed by atoms with Gasteiger partial charge in [-0.15, -0.1) is 0 Å². The largest absolute Gasteiger partial charge is 0.507 e. The number of benzene rings is 2. The van der Waals surface area contributed by atoms with E-state index in [2.05, 4.69) is 6.92 Å². The quantitative estimate of drug-likeness (QED) is 0.661. The molecule has 6 nitrogen and oxygen atoms in total. The number of hydrogen-bond donors (Lipinski definition) is 2. The zero-order chi connectivity index (χ0) is 18.0. The van der Waals surface area contributed by atoms with Crippen LogP contribution in [0.2, 0.25) is 0 Å². The first-order chi connectivity index (χ1) is 12.0. The summed E-state index contributed by atoms with van der Waals surface area (Å²) >= 11 is 0. The van der Waals surface area contributed by atoms with Crippen LogP contribution in [0.25, 0.3) is 10.8 Å². The highest BCUT2D eigenvalue weighted by molar-refractivity contribution is 6.04. The van der Waals surface area contributed by atoms with Gasteiger partial charge in [0.2, 0.25) is 0 Å². The van der Waals surface area contributed by atoms with Crippen molar-refractivity contribution in [2.75, 3.05) is 19.7 Å². The number of carbonyl (C=O) groups excluding carboxylic acids is 2. The van der Waals surface area contributed by atoms with Gasteiger partial charge in [-0.2, -0.15) is 0 Å². The van der Waals surface area contributed by atoms with Crippen molar-refractivity contribution < 1.29 is 24.5 Å². The predicted molar refractivity (Wildman–Crippen MR) is 92.5 cm³/mol. The number of phenols is 2. The van der Waals surface area contributed by atoms with Crippen molar-refractivity contribution in [1.82, 2.24) is 4.90 Å². The summed E-state index contributed by atoms with van der Waals surface area (Å²) < 4.78 is 5.06. The minimum Gasteiger partial charge on any atom is -0.507 e. The Kier molecular flexibility index (Phi) is 4.79. The van der Waals surface area contributed by atoms with E-state index in [1.54, 1.807) is 29.2 Å². The van der Waals surface area contributed by atoms with E-state index in [9.17, 15) is 19.8 Å². The SMILES string of the molecule is C[C@H]1CCCN(C(=O)COC(=O)c2cc(O)c3ccccc3c2O)C1. The lowest BCUT2D eigenvalue weighted by atomic mass is 10.0. The van der Waals surface area contributed by atoms with Gasteiger partial charge in [0.05, 0.1) is 0 Å². The van der Waals surface area contributed by atoms with Gasteiger partial charge in [-0.1, -0.05) is 31.2 Å². The Morgan fingerprint density at radius 1 is 1.24 bits per heavy atom. The maximum Gasteiger partial charge on any atom is 0.342 e. The van der Waals surface area contributed by atoms with Crippen LogP contribution in [0.4, 0.5) is 0 Å². The molecule has 2 N–H and O–H groups in total. The molecule has 2 aromatic carbocycles. The fraction of sp³-hybridized carbons (Fsp3) is 0.368. The summed E-state index contributed by atoms with van der Waals surface area (Å²) in [6.07, 6.45) is 2.04. The topological polar surface area (TPSA) is 87.1 Å². The number of fused-ring (bicyclic) bond motifs is 1. The van der Waals surface area contributed by atoms with Crippen LogP contribution in [-0.4, -0.2) is 46.7 Å². The second-order valence-corrected chi connectivity index (χ2v) is 6.50. The molecular formula is C19H21NO5. The molecule has 1 aliphatic heterocycles. The monoisotopic (exact) mass is 343 g/mol. The molecule has 132 valence electrons. The third-order valence-corrected chi connectivity index (χ3v) is 4.55. The Labute approximate surface area is 145 Å². The van der Waals surface area contributed by atoms with Crippen molar-refractivity contribution in [3.63, 3.8) is 0 Å². The van der Waals surface area contributed by atoms with Crippen molar-refractivity contribution in [1.29, 1.82) is 0 Å². The Hall–Kier alpha value is -2.76. The number of likely N-dealkylation sites (tertiary alicyclic amines) is 1. The first-order valence-corrected chi connectivity index (χ1v) is 8.36. The van der Waals surface area contributed by atoms with Crippen molar-refractivity contribution in [2.45, 2.75) is 19.8 Å². The van der Waals surface area contributed by atoms with E-state index in [1.807, 2.05) is 0 Å². The minimum absolute atomic E-state index is 0.128. The molecule has 0 radical (unpaired) electrons. The molecule has 0 saturated carbocycles. The van der Waals surface area contributed by atoms with Crippen LogP contribution in [0.1, 0.15) is 30.1 Å². The molecule has 0 unspecified atom stereocenters. The molecule has 0 bridgehead atoms. The van der Waals surface area contributed by atoms with E-state index < -0.39 is 5.97 Å². The number of ether oxygens (including phenoxy) is 1. The Bertz CT molecular complexity index is 817. The third-order valence-electron chi connectivity index (χ3n) is 4.55. The molecule has 1 aliphatic rings. The molecule has 0 aliphatic carbocycles. The molecular weight excluding hydrogens is 322 g/mol. The number of hydrogen-bond acceptors (Lipinski definition) is 5. The lowest BCUT2D eigenvalue weighted by Crippen LogP contribution is -2.41. The van der Waals surface area contributed by atoms with Gasteiger partial charge in [-0.3, -0.25) is 4.79 Å². The normalized spacial score (nSPS) is 17.5. The number of rotatable bonds is 3. The van der Waals surface area contributed by atoms with Crippen molar-refractivity contribution in [2.24, 2.45) is 5.92 Å². The van der Waals surface area contributed by atoms with Crippen LogP contribution in [0, 0.1) is 5.92 Å². The van der Waals surface area contributed by atoms with Gasteiger partial charge in [0.15, 0.2) is 6.61 Å². The molecule has 0 spiro atoms. The van der Waals surface area contributed by atoms with E-state index in [4.69, 9.17) is 4.74 Å². The highest BCUT2D eigenvalue weighted by Gasteiger charge is 2.23. The molecule has 25 heavy (non-hydrogen) atoms. The Morgan fingerprint density at radius 2 is 1.96 bits per heavy atom. The molecule has 1 atom stereocenters. The number of piperidine rings is 1. The van der Waals surface area contributed by atoms with E-state index in [1.165, 1.54) is 0 Å². The summed E-state index contributed by atoms with van der Waals surface area (Å²) in [5, 5.41) is 21.1. The first-order valence-electron chi connectivity index (χ1n) is 8.36. The molecule has 1 amide bonds. The van der Waals surface area contributed by atoms with Crippen LogP contribution in [0.3, 0.4) is 0 Å². The highest BCUT2D eigenvalue weighted by atomic mass is 16.5. The number of phenolic OH excluding ortho intramolecular Hbond substituents is 2. The molecule has 1 saturated heterocycles.